The molecule has 0 amide bonds. The first-order valence-corrected chi connectivity index (χ1v) is 6.20. The molecule has 0 radical (unpaired) electrons. The number of anilines is 1. The normalized spacial score (nSPS) is 17.8. The van der Waals surface area contributed by atoms with Crippen LogP contribution < -0.4 is 10.2 Å². The smallest absolute Gasteiger partial charge is 0.0369 e. The summed E-state index contributed by atoms with van der Waals surface area (Å²) in [5.41, 5.74) is 4.17. The summed E-state index contributed by atoms with van der Waals surface area (Å²) in [5.74, 6) is 0. The van der Waals surface area contributed by atoms with Crippen molar-refractivity contribution in [1.82, 2.24) is 5.32 Å². The predicted molar refractivity (Wildman–Crippen MR) is 70.2 cm³/mol. The Morgan fingerprint density at radius 3 is 2.38 bits per heavy atom. The zero-order valence-corrected chi connectivity index (χ0v) is 10.6. The van der Waals surface area contributed by atoms with Gasteiger partial charge in [-0.1, -0.05) is 6.07 Å². The molecule has 1 fully saturated rings. The number of nitrogens with one attached hydrogen (secondary N) is 1. The van der Waals surface area contributed by atoms with Gasteiger partial charge in [-0.15, -0.1) is 0 Å². The van der Waals surface area contributed by atoms with Gasteiger partial charge in [0.25, 0.3) is 0 Å². The molecule has 88 valence electrons. The standard InChI is InChI=1S/C14H22N2/c1-11-4-5-14(10-12(11)2)16-8-6-13(15-3)7-9-16/h4-5,10,13,15H,6-9H2,1-3H3. The summed E-state index contributed by atoms with van der Waals surface area (Å²) in [5, 5.41) is 3.37. The van der Waals surface area contributed by atoms with Gasteiger partial charge in [-0.3, -0.25) is 0 Å². The molecule has 1 aliphatic rings. The van der Waals surface area contributed by atoms with Crippen molar-refractivity contribution in [2.24, 2.45) is 0 Å². The molecule has 1 saturated heterocycles. The largest absolute Gasteiger partial charge is 0.371 e. The summed E-state index contributed by atoms with van der Waals surface area (Å²) in [4.78, 5) is 2.50. The van der Waals surface area contributed by atoms with Crippen LogP contribution in [0.25, 0.3) is 0 Å². The molecule has 16 heavy (non-hydrogen) atoms. The number of piperidine rings is 1. The van der Waals surface area contributed by atoms with Gasteiger partial charge in [0.2, 0.25) is 0 Å². The third kappa shape index (κ3) is 2.38. The van der Waals surface area contributed by atoms with E-state index in [4.69, 9.17) is 0 Å². The molecule has 1 N–H and O–H groups in total. The highest BCUT2D eigenvalue weighted by atomic mass is 15.1. The van der Waals surface area contributed by atoms with E-state index in [1.807, 2.05) is 0 Å². The van der Waals surface area contributed by atoms with Crippen molar-refractivity contribution < 1.29 is 0 Å². The molecular weight excluding hydrogens is 196 g/mol. The highest BCUT2D eigenvalue weighted by Crippen LogP contribution is 2.22. The lowest BCUT2D eigenvalue weighted by atomic mass is 10.0. The summed E-state index contributed by atoms with van der Waals surface area (Å²) in [7, 11) is 2.07. The molecule has 2 nitrogen and oxygen atoms in total. The third-order valence-electron chi connectivity index (χ3n) is 3.76. The minimum Gasteiger partial charge on any atom is -0.371 e. The quantitative estimate of drug-likeness (QED) is 0.820. The number of benzene rings is 1. The summed E-state index contributed by atoms with van der Waals surface area (Å²) < 4.78 is 0. The molecule has 0 spiro atoms. The van der Waals surface area contributed by atoms with Gasteiger partial charge in [-0.2, -0.15) is 0 Å². The topological polar surface area (TPSA) is 15.3 Å². The van der Waals surface area contributed by atoms with Gasteiger partial charge in [0.05, 0.1) is 0 Å². The molecule has 1 aliphatic heterocycles. The van der Waals surface area contributed by atoms with Crippen LogP contribution in [0.4, 0.5) is 5.69 Å². The number of hydrogen-bond donors (Lipinski definition) is 1. The Hall–Kier alpha value is -1.02. The molecule has 0 aliphatic carbocycles. The number of rotatable bonds is 2. The fourth-order valence-electron chi connectivity index (χ4n) is 2.35. The van der Waals surface area contributed by atoms with Gasteiger partial charge < -0.3 is 10.2 Å². The maximum Gasteiger partial charge on any atom is 0.0369 e. The molecular formula is C14H22N2. The molecule has 0 unspecified atom stereocenters. The first-order chi connectivity index (χ1) is 7.70. The van der Waals surface area contributed by atoms with Crippen molar-refractivity contribution in [3.63, 3.8) is 0 Å². The van der Waals surface area contributed by atoms with E-state index in [0.29, 0.717) is 6.04 Å². The monoisotopic (exact) mass is 218 g/mol. The van der Waals surface area contributed by atoms with E-state index >= 15 is 0 Å². The molecule has 2 rings (SSSR count). The first kappa shape index (κ1) is 11.5. The number of nitrogens with zero attached hydrogens (tertiary/aromatic N) is 1. The maximum absolute atomic E-state index is 3.37. The molecule has 1 aromatic carbocycles. The molecule has 0 aromatic heterocycles. The van der Waals surface area contributed by atoms with Crippen LogP contribution in [-0.4, -0.2) is 26.2 Å². The molecule has 0 atom stereocenters. The van der Waals surface area contributed by atoms with E-state index < -0.39 is 0 Å². The van der Waals surface area contributed by atoms with Crippen LogP contribution in [0.1, 0.15) is 24.0 Å². The van der Waals surface area contributed by atoms with Crippen molar-refractivity contribution >= 4 is 5.69 Å². The Bertz CT molecular complexity index is 352. The SMILES string of the molecule is CNC1CCN(c2ccc(C)c(C)c2)CC1. The minimum atomic E-state index is 0.711. The fraction of sp³-hybridized carbons (Fsp3) is 0.571. The van der Waals surface area contributed by atoms with Crippen LogP contribution in [0, 0.1) is 13.8 Å². The van der Waals surface area contributed by atoms with Crippen molar-refractivity contribution in [3.8, 4) is 0 Å². The zero-order chi connectivity index (χ0) is 11.5. The molecule has 1 heterocycles. The van der Waals surface area contributed by atoms with Crippen LogP contribution in [0.3, 0.4) is 0 Å². The van der Waals surface area contributed by atoms with Crippen LogP contribution in [0.15, 0.2) is 18.2 Å². The van der Waals surface area contributed by atoms with Gasteiger partial charge in [0.1, 0.15) is 0 Å². The molecule has 2 heteroatoms. The Kier molecular flexibility index (Phi) is 3.49. The lowest BCUT2D eigenvalue weighted by molar-refractivity contribution is 0.442. The lowest BCUT2D eigenvalue weighted by Crippen LogP contribution is -2.41. The van der Waals surface area contributed by atoms with Crippen LogP contribution >= 0.6 is 0 Å². The Morgan fingerprint density at radius 1 is 1.12 bits per heavy atom. The second kappa shape index (κ2) is 4.88. The Balaban J connectivity index is 2.05. The summed E-state index contributed by atoms with van der Waals surface area (Å²) >= 11 is 0. The molecule has 0 bridgehead atoms. The second-order valence-electron chi connectivity index (χ2n) is 4.82. The minimum absolute atomic E-state index is 0.711. The van der Waals surface area contributed by atoms with Gasteiger partial charge in [0.15, 0.2) is 0 Å². The number of aryl methyl sites for hydroxylation is 2. The summed E-state index contributed by atoms with van der Waals surface area (Å²) in [6.07, 6.45) is 2.51. The van der Waals surface area contributed by atoms with Crippen LogP contribution in [0.5, 0.6) is 0 Å². The van der Waals surface area contributed by atoms with Crippen molar-refractivity contribution in [1.29, 1.82) is 0 Å². The van der Waals surface area contributed by atoms with E-state index in [2.05, 4.69) is 49.3 Å². The summed E-state index contributed by atoms with van der Waals surface area (Å²) in [6.45, 7) is 6.72. The highest BCUT2D eigenvalue weighted by Gasteiger charge is 2.17. The summed E-state index contributed by atoms with van der Waals surface area (Å²) in [6, 6.07) is 7.51. The fourth-order valence-corrected chi connectivity index (χ4v) is 2.35. The van der Waals surface area contributed by atoms with Crippen molar-refractivity contribution in [3.05, 3.63) is 29.3 Å². The van der Waals surface area contributed by atoms with Crippen LogP contribution in [-0.2, 0) is 0 Å². The first-order valence-electron chi connectivity index (χ1n) is 6.20. The predicted octanol–water partition coefficient (Wildman–Crippen LogP) is 2.49. The van der Waals surface area contributed by atoms with Crippen LogP contribution in [0.2, 0.25) is 0 Å². The Labute approximate surface area is 98.7 Å². The average molecular weight is 218 g/mol. The number of hydrogen-bond acceptors (Lipinski definition) is 2. The second-order valence-corrected chi connectivity index (χ2v) is 4.82. The van der Waals surface area contributed by atoms with Crippen molar-refractivity contribution in [2.75, 3.05) is 25.0 Å². The van der Waals surface area contributed by atoms with E-state index in [0.717, 1.165) is 0 Å². The Morgan fingerprint density at radius 2 is 1.81 bits per heavy atom. The lowest BCUT2D eigenvalue weighted by Gasteiger charge is -2.33. The molecule has 0 saturated carbocycles. The van der Waals surface area contributed by atoms with Gasteiger partial charge in [-0.25, -0.2) is 0 Å². The van der Waals surface area contributed by atoms with E-state index in [1.54, 1.807) is 0 Å². The van der Waals surface area contributed by atoms with Gasteiger partial charge in [0, 0.05) is 24.8 Å². The van der Waals surface area contributed by atoms with E-state index in [-0.39, 0.29) is 0 Å². The van der Waals surface area contributed by atoms with Gasteiger partial charge in [-0.05, 0) is 57.0 Å². The highest BCUT2D eigenvalue weighted by molar-refractivity contribution is 5.50. The van der Waals surface area contributed by atoms with E-state index in [9.17, 15) is 0 Å². The zero-order valence-electron chi connectivity index (χ0n) is 10.6. The van der Waals surface area contributed by atoms with Gasteiger partial charge >= 0.3 is 0 Å². The maximum atomic E-state index is 3.37. The average Bonchev–Trinajstić information content (AvgIpc) is 2.33. The molecule has 1 aromatic rings. The van der Waals surface area contributed by atoms with E-state index in [1.165, 1.54) is 42.7 Å². The van der Waals surface area contributed by atoms with Crippen molar-refractivity contribution in [2.45, 2.75) is 32.7 Å². The third-order valence-corrected chi connectivity index (χ3v) is 3.76.